The Morgan fingerprint density at radius 1 is 0.226 bits per heavy atom. The molecule has 0 saturated carbocycles. The van der Waals surface area contributed by atoms with Gasteiger partial charge in [0.05, 0.1) is 5.56 Å². The standard InChI is InChI=1S/C50H28O3/c1-3-19-37-35(17-1)46(31-13-11-12-29(26-31)30-24-25-45-39(27-30)32-14-5-8-21-42(32)51-45)36-18-2-4-20-38(36)47(37)48-49-40(33-15-6-9-22-43(33)52-49)28-41-34-16-7-10-23-44(34)53-50(41)48/h1-28H. The Labute approximate surface area is 302 Å². The van der Waals surface area contributed by atoms with E-state index in [1.165, 1.54) is 16.3 Å². The molecule has 12 aromatic rings. The molecular weight excluding hydrogens is 649 g/mol. The predicted octanol–water partition coefficient (Wildman–Crippen LogP) is 14.7. The second kappa shape index (κ2) is 10.7. The van der Waals surface area contributed by atoms with E-state index in [1.54, 1.807) is 0 Å². The first-order valence-electron chi connectivity index (χ1n) is 18.0. The topological polar surface area (TPSA) is 39.4 Å². The highest BCUT2D eigenvalue weighted by Crippen LogP contribution is 2.50. The molecule has 0 amide bonds. The monoisotopic (exact) mass is 676 g/mol. The fourth-order valence-electron chi connectivity index (χ4n) is 8.73. The van der Waals surface area contributed by atoms with Crippen LogP contribution in [0.5, 0.6) is 0 Å². The average Bonchev–Trinajstić information content (AvgIpc) is 3.90. The normalized spacial score (nSPS) is 12.2. The van der Waals surface area contributed by atoms with Gasteiger partial charge in [-0.25, -0.2) is 0 Å². The second-order valence-electron chi connectivity index (χ2n) is 13.9. The van der Waals surface area contributed by atoms with E-state index in [0.29, 0.717) is 0 Å². The molecule has 0 unspecified atom stereocenters. The maximum absolute atomic E-state index is 6.80. The number of furan rings is 3. The Morgan fingerprint density at radius 2 is 0.660 bits per heavy atom. The first-order chi connectivity index (χ1) is 26.3. The lowest BCUT2D eigenvalue weighted by atomic mass is 9.84. The van der Waals surface area contributed by atoms with E-state index < -0.39 is 0 Å². The van der Waals surface area contributed by atoms with Gasteiger partial charge in [0.15, 0.2) is 0 Å². The lowest BCUT2D eigenvalue weighted by molar-refractivity contribution is 0.658. The van der Waals surface area contributed by atoms with Crippen molar-refractivity contribution in [2.24, 2.45) is 0 Å². The number of para-hydroxylation sites is 3. The van der Waals surface area contributed by atoms with Gasteiger partial charge in [-0.05, 0) is 86.3 Å². The van der Waals surface area contributed by atoms with Crippen LogP contribution in [0.2, 0.25) is 0 Å². The molecule has 0 N–H and O–H groups in total. The molecule has 3 aromatic heterocycles. The van der Waals surface area contributed by atoms with Crippen LogP contribution in [0.3, 0.4) is 0 Å². The van der Waals surface area contributed by atoms with Gasteiger partial charge in [-0.2, -0.15) is 0 Å². The van der Waals surface area contributed by atoms with Gasteiger partial charge in [0.25, 0.3) is 0 Å². The molecule has 0 spiro atoms. The van der Waals surface area contributed by atoms with Crippen molar-refractivity contribution in [1.29, 1.82) is 0 Å². The molecule has 0 aliphatic heterocycles. The fraction of sp³-hybridized carbons (Fsp3) is 0. The van der Waals surface area contributed by atoms with Gasteiger partial charge in [-0.3, -0.25) is 0 Å². The number of benzene rings is 9. The summed E-state index contributed by atoms with van der Waals surface area (Å²) in [5.74, 6) is 0. The quantitative estimate of drug-likeness (QED) is 0.175. The molecule has 3 heterocycles. The molecule has 0 aliphatic carbocycles. The van der Waals surface area contributed by atoms with Crippen molar-refractivity contribution in [2.45, 2.75) is 0 Å². The summed E-state index contributed by atoms with van der Waals surface area (Å²) in [6.07, 6.45) is 0. The Hall–Kier alpha value is -7.10. The van der Waals surface area contributed by atoms with Crippen LogP contribution in [0.1, 0.15) is 0 Å². The van der Waals surface area contributed by atoms with Crippen molar-refractivity contribution in [2.75, 3.05) is 0 Å². The highest BCUT2D eigenvalue weighted by Gasteiger charge is 2.25. The molecule has 0 saturated heterocycles. The molecule has 0 radical (unpaired) electrons. The zero-order chi connectivity index (χ0) is 34.6. The van der Waals surface area contributed by atoms with Gasteiger partial charge < -0.3 is 13.3 Å². The van der Waals surface area contributed by atoms with Crippen molar-refractivity contribution in [3.05, 3.63) is 170 Å². The maximum Gasteiger partial charge on any atom is 0.147 e. The number of hydrogen-bond donors (Lipinski definition) is 0. The van der Waals surface area contributed by atoms with Crippen LogP contribution in [0.25, 0.3) is 121 Å². The molecule has 9 aromatic carbocycles. The minimum atomic E-state index is 0.838. The largest absolute Gasteiger partial charge is 0.456 e. The maximum atomic E-state index is 6.80. The molecular formula is C50H28O3. The summed E-state index contributed by atoms with van der Waals surface area (Å²) in [6, 6.07) is 60.2. The summed E-state index contributed by atoms with van der Waals surface area (Å²) in [4.78, 5) is 0. The van der Waals surface area contributed by atoms with Crippen LogP contribution < -0.4 is 0 Å². The van der Waals surface area contributed by atoms with Gasteiger partial charge >= 0.3 is 0 Å². The minimum absolute atomic E-state index is 0.838. The van der Waals surface area contributed by atoms with E-state index in [4.69, 9.17) is 13.3 Å². The van der Waals surface area contributed by atoms with E-state index in [0.717, 1.165) is 104 Å². The van der Waals surface area contributed by atoms with Crippen LogP contribution in [0.4, 0.5) is 0 Å². The van der Waals surface area contributed by atoms with Gasteiger partial charge in [0.1, 0.15) is 33.5 Å². The third-order valence-electron chi connectivity index (χ3n) is 11.1. The summed E-state index contributed by atoms with van der Waals surface area (Å²) >= 11 is 0. The van der Waals surface area contributed by atoms with Crippen molar-refractivity contribution in [3.8, 4) is 33.4 Å². The van der Waals surface area contributed by atoms with Crippen molar-refractivity contribution in [1.82, 2.24) is 0 Å². The van der Waals surface area contributed by atoms with Crippen LogP contribution >= 0.6 is 0 Å². The zero-order valence-electron chi connectivity index (χ0n) is 28.4. The zero-order valence-corrected chi connectivity index (χ0v) is 28.4. The van der Waals surface area contributed by atoms with Gasteiger partial charge in [0.2, 0.25) is 0 Å². The molecule has 0 aliphatic rings. The molecule has 53 heavy (non-hydrogen) atoms. The highest BCUT2D eigenvalue weighted by molar-refractivity contribution is 6.29. The van der Waals surface area contributed by atoms with Crippen LogP contribution in [0.15, 0.2) is 183 Å². The lowest BCUT2D eigenvalue weighted by Gasteiger charge is -2.18. The SMILES string of the molecule is c1cc(-c2ccc3oc4ccccc4c3c2)cc(-c2c3ccccc3c(-c3c4oc5ccccc5c4cc4c3oc3ccccc34)c3ccccc23)c1. The lowest BCUT2D eigenvalue weighted by Crippen LogP contribution is -1.92. The minimum Gasteiger partial charge on any atom is -0.456 e. The Morgan fingerprint density at radius 3 is 1.25 bits per heavy atom. The third-order valence-corrected chi connectivity index (χ3v) is 11.1. The van der Waals surface area contributed by atoms with E-state index in [2.05, 4.69) is 146 Å². The van der Waals surface area contributed by atoms with Gasteiger partial charge in [0, 0.05) is 37.9 Å². The summed E-state index contributed by atoms with van der Waals surface area (Å²) < 4.78 is 19.8. The van der Waals surface area contributed by atoms with Crippen molar-refractivity contribution in [3.63, 3.8) is 0 Å². The summed E-state index contributed by atoms with van der Waals surface area (Å²) in [5.41, 5.74) is 12.0. The Kier molecular flexibility index (Phi) is 5.77. The van der Waals surface area contributed by atoms with Crippen molar-refractivity contribution >= 4 is 87.4 Å². The smallest absolute Gasteiger partial charge is 0.147 e. The fourth-order valence-corrected chi connectivity index (χ4v) is 8.73. The predicted molar refractivity (Wildman–Crippen MR) is 220 cm³/mol. The molecule has 12 rings (SSSR count). The number of rotatable bonds is 3. The van der Waals surface area contributed by atoms with Crippen LogP contribution in [-0.4, -0.2) is 0 Å². The highest BCUT2D eigenvalue weighted by atomic mass is 16.3. The number of fused-ring (bicyclic) bond motifs is 11. The molecule has 3 nitrogen and oxygen atoms in total. The molecule has 0 bridgehead atoms. The summed E-state index contributed by atoms with van der Waals surface area (Å²) in [6.45, 7) is 0. The molecule has 0 atom stereocenters. The van der Waals surface area contributed by atoms with Crippen LogP contribution in [0, 0.1) is 0 Å². The first kappa shape index (κ1) is 28.6. The average molecular weight is 677 g/mol. The van der Waals surface area contributed by atoms with Gasteiger partial charge in [-0.1, -0.05) is 127 Å². The van der Waals surface area contributed by atoms with Crippen LogP contribution in [-0.2, 0) is 0 Å². The van der Waals surface area contributed by atoms with E-state index in [9.17, 15) is 0 Å². The van der Waals surface area contributed by atoms with Gasteiger partial charge in [-0.15, -0.1) is 0 Å². The van der Waals surface area contributed by atoms with Crippen molar-refractivity contribution < 1.29 is 13.3 Å². The molecule has 3 heteroatoms. The summed E-state index contributed by atoms with van der Waals surface area (Å²) in [7, 11) is 0. The first-order valence-corrected chi connectivity index (χ1v) is 18.0. The Balaban J connectivity index is 1.17. The molecule has 246 valence electrons. The number of hydrogen-bond acceptors (Lipinski definition) is 3. The Bertz CT molecular complexity index is 3320. The summed E-state index contributed by atoms with van der Waals surface area (Å²) in [5, 5.41) is 11.3. The molecule has 0 fully saturated rings. The van der Waals surface area contributed by atoms with E-state index in [1.807, 2.05) is 24.3 Å². The van der Waals surface area contributed by atoms with E-state index >= 15 is 0 Å². The second-order valence-corrected chi connectivity index (χ2v) is 13.9. The third kappa shape index (κ3) is 4.05. The van der Waals surface area contributed by atoms with E-state index in [-0.39, 0.29) is 0 Å².